The van der Waals surface area contributed by atoms with Crippen molar-refractivity contribution in [2.24, 2.45) is 5.92 Å². The quantitative estimate of drug-likeness (QED) is 0.797. The Hall–Kier alpha value is -2.04. The van der Waals surface area contributed by atoms with Crippen molar-refractivity contribution in [2.45, 2.75) is 52.5 Å². The molecular formula is C17H25N3O2. The molecule has 3 N–H and O–H groups in total. The van der Waals surface area contributed by atoms with Gasteiger partial charge in [-0.2, -0.15) is 0 Å². The van der Waals surface area contributed by atoms with Gasteiger partial charge in [0.15, 0.2) is 0 Å². The van der Waals surface area contributed by atoms with Gasteiger partial charge in [-0.3, -0.25) is 4.79 Å². The first-order chi connectivity index (χ1) is 10.4. The summed E-state index contributed by atoms with van der Waals surface area (Å²) in [4.78, 5) is 23.2. The number of urea groups is 1. The van der Waals surface area contributed by atoms with Gasteiger partial charge in [-0.25, -0.2) is 4.79 Å². The van der Waals surface area contributed by atoms with E-state index in [1.165, 1.54) is 19.8 Å². The molecule has 1 aromatic rings. The maximum Gasteiger partial charge on any atom is 0.319 e. The smallest absolute Gasteiger partial charge is 0.319 e. The van der Waals surface area contributed by atoms with Crippen LogP contribution in [-0.2, 0) is 4.79 Å². The molecule has 1 aliphatic carbocycles. The van der Waals surface area contributed by atoms with Crippen LogP contribution >= 0.6 is 0 Å². The molecule has 0 atom stereocenters. The lowest BCUT2D eigenvalue weighted by Gasteiger charge is -2.27. The van der Waals surface area contributed by atoms with Gasteiger partial charge in [-0.1, -0.05) is 13.0 Å². The molecule has 1 fully saturated rings. The molecule has 2 rings (SSSR count). The Morgan fingerprint density at radius 2 is 1.77 bits per heavy atom. The van der Waals surface area contributed by atoms with Crippen LogP contribution < -0.4 is 16.0 Å². The molecule has 5 heteroatoms. The predicted molar refractivity (Wildman–Crippen MR) is 89.1 cm³/mol. The number of aryl methyl sites for hydroxylation is 1. The third-order valence-corrected chi connectivity index (χ3v) is 4.16. The minimum atomic E-state index is -0.178. The van der Waals surface area contributed by atoms with E-state index in [9.17, 15) is 9.59 Å². The fourth-order valence-corrected chi connectivity index (χ4v) is 2.79. The number of rotatable bonds is 3. The van der Waals surface area contributed by atoms with Crippen LogP contribution in [0.3, 0.4) is 0 Å². The van der Waals surface area contributed by atoms with Crippen LogP contribution in [0.25, 0.3) is 0 Å². The van der Waals surface area contributed by atoms with Gasteiger partial charge < -0.3 is 16.0 Å². The summed E-state index contributed by atoms with van der Waals surface area (Å²) < 4.78 is 0. The highest BCUT2D eigenvalue weighted by Gasteiger charge is 2.19. The van der Waals surface area contributed by atoms with E-state index >= 15 is 0 Å². The minimum absolute atomic E-state index is 0.129. The number of nitrogens with one attached hydrogen (secondary N) is 3. The largest absolute Gasteiger partial charge is 0.335 e. The Bertz CT molecular complexity index is 549. The second-order valence-corrected chi connectivity index (χ2v) is 6.27. The topological polar surface area (TPSA) is 70.2 Å². The normalized spacial score (nSPS) is 21.0. The Labute approximate surface area is 131 Å². The Morgan fingerprint density at radius 1 is 1.09 bits per heavy atom. The van der Waals surface area contributed by atoms with Gasteiger partial charge in [-0.15, -0.1) is 0 Å². The van der Waals surface area contributed by atoms with E-state index in [1.807, 2.05) is 19.1 Å². The summed E-state index contributed by atoms with van der Waals surface area (Å²) in [6.07, 6.45) is 4.42. The van der Waals surface area contributed by atoms with Crippen molar-refractivity contribution < 1.29 is 9.59 Å². The highest BCUT2D eigenvalue weighted by atomic mass is 16.2. The zero-order chi connectivity index (χ0) is 16.1. The molecule has 1 saturated carbocycles. The number of anilines is 2. The van der Waals surface area contributed by atoms with Crippen molar-refractivity contribution >= 4 is 23.3 Å². The predicted octanol–water partition coefficient (Wildman–Crippen LogP) is 3.65. The fraction of sp³-hybridized carbons (Fsp3) is 0.529. The third-order valence-electron chi connectivity index (χ3n) is 4.16. The van der Waals surface area contributed by atoms with Gasteiger partial charge in [0.25, 0.3) is 0 Å². The van der Waals surface area contributed by atoms with Gasteiger partial charge in [-0.05, 0) is 56.2 Å². The lowest BCUT2D eigenvalue weighted by molar-refractivity contribution is -0.114. The van der Waals surface area contributed by atoms with Crippen LogP contribution in [-0.4, -0.2) is 18.0 Å². The van der Waals surface area contributed by atoms with Gasteiger partial charge in [0.2, 0.25) is 5.91 Å². The van der Waals surface area contributed by atoms with Crippen molar-refractivity contribution in [1.82, 2.24) is 5.32 Å². The summed E-state index contributed by atoms with van der Waals surface area (Å²) in [5.41, 5.74) is 2.36. The summed E-state index contributed by atoms with van der Waals surface area (Å²) in [6, 6.07) is 5.56. The van der Waals surface area contributed by atoms with Gasteiger partial charge >= 0.3 is 6.03 Å². The molecule has 3 amide bonds. The molecular weight excluding hydrogens is 278 g/mol. The number of carbonyl (C=O) groups excluding carboxylic acids is 2. The summed E-state index contributed by atoms with van der Waals surface area (Å²) >= 11 is 0. The summed E-state index contributed by atoms with van der Waals surface area (Å²) in [7, 11) is 0. The molecule has 0 saturated heterocycles. The van der Waals surface area contributed by atoms with Crippen LogP contribution in [0.4, 0.5) is 16.2 Å². The maximum absolute atomic E-state index is 12.1. The molecule has 0 heterocycles. The van der Waals surface area contributed by atoms with Crippen LogP contribution in [0, 0.1) is 12.8 Å². The molecule has 0 bridgehead atoms. The summed E-state index contributed by atoms with van der Waals surface area (Å²) in [5.74, 6) is 0.633. The summed E-state index contributed by atoms with van der Waals surface area (Å²) in [5, 5.41) is 8.64. The molecule has 1 aliphatic rings. The van der Waals surface area contributed by atoms with E-state index in [-0.39, 0.29) is 18.0 Å². The first-order valence-corrected chi connectivity index (χ1v) is 7.90. The van der Waals surface area contributed by atoms with Crippen LogP contribution in [0.5, 0.6) is 0 Å². The first kappa shape index (κ1) is 16.3. The molecule has 120 valence electrons. The van der Waals surface area contributed by atoms with E-state index in [2.05, 4.69) is 22.9 Å². The molecule has 22 heavy (non-hydrogen) atoms. The summed E-state index contributed by atoms with van der Waals surface area (Å²) in [6.45, 7) is 5.65. The lowest BCUT2D eigenvalue weighted by atomic mass is 9.87. The third kappa shape index (κ3) is 4.76. The van der Waals surface area contributed by atoms with Crippen molar-refractivity contribution in [3.05, 3.63) is 23.8 Å². The number of carbonyl (C=O) groups is 2. The molecule has 0 unspecified atom stereocenters. The van der Waals surface area contributed by atoms with Crippen molar-refractivity contribution in [3.63, 3.8) is 0 Å². The molecule has 5 nitrogen and oxygen atoms in total. The highest BCUT2D eigenvalue weighted by molar-refractivity contribution is 5.93. The minimum Gasteiger partial charge on any atom is -0.335 e. The van der Waals surface area contributed by atoms with Gasteiger partial charge in [0.1, 0.15) is 0 Å². The van der Waals surface area contributed by atoms with Crippen LogP contribution in [0.1, 0.15) is 45.1 Å². The van der Waals surface area contributed by atoms with E-state index in [1.54, 1.807) is 6.07 Å². The van der Waals surface area contributed by atoms with Crippen molar-refractivity contribution in [1.29, 1.82) is 0 Å². The van der Waals surface area contributed by atoms with Gasteiger partial charge in [0.05, 0.1) is 0 Å². The Kier molecular flexibility index (Phi) is 5.41. The second kappa shape index (κ2) is 7.29. The Balaban J connectivity index is 1.94. The van der Waals surface area contributed by atoms with E-state index in [0.29, 0.717) is 11.4 Å². The monoisotopic (exact) mass is 303 g/mol. The van der Waals surface area contributed by atoms with Crippen LogP contribution in [0.2, 0.25) is 0 Å². The highest BCUT2D eigenvalue weighted by Crippen LogP contribution is 2.24. The molecule has 0 spiro atoms. The zero-order valence-electron chi connectivity index (χ0n) is 13.5. The number of amides is 3. The van der Waals surface area contributed by atoms with Crippen LogP contribution in [0.15, 0.2) is 18.2 Å². The molecule has 0 aromatic heterocycles. The number of benzene rings is 1. The lowest BCUT2D eigenvalue weighted by Crippen LogP contribution is -2.40. The van der Waals surface area contributed by atoms with Gasteiger partial charge in [0, 0.05) is 24.3 Å². The van der Waals surface area contributed by atoms with Crippen molar-refractivity contribution in [3.8, 4) is 0 Å². The SMILES string of the molecule is CC(=O)Nc1ccc(C)c(NC(=O)NC2CCC(C)CC2)c1. The maximum atomic E-state index is 12.1. The fourth-order valence-electron chi connectivity index (χ4n) is 2.79. The molecule has 0 aliphatic heterocycles. The average Bonchev–Trinajstić information content (AvgIpc) is 2.44. The molecule has 0 radical (unpaired) electrons. The van der Waals surface area contributed by atoms with E-state index < -0.39 is 0 Å². The zero-order valence-corrected chi connectivity index (χ0v) is 13.5. The van der Waals surface area contributed by atoms with E-state index in [0.717, 1.165) is 24.3 Å². The standard InChI is InChI=1S/C17H25N3O2/c1-11-4-7-14(8-5-11)19-17(22)20-16-10-15(18-13(3)21)9-6-12(16)2/h6,9-11,14H,4-5,7-8H2,1-3H3,(H,18,21)(H2,19,20,22). The first-order valence-electron chi connectivity index (χ1n) is 7.90. The number of hydrogen-bond acceptors (Lipinski definition) is 2. The second-order valence-electron chi connectivity index (χ2n) is 6.27. The molecule has 1 aromatic carbocycles. The Morgan fingerprint density at radius 3 is 2.41 bits per heavy atom. The van der Waals surface area contributed by atoms with E-state index in [4.69, 9.17) is 0 Å². The number of hydrogen-bond donors (Lipinski definition) is 3. The average molecular weight is 303 g/mol. The van der Waals surface area contributed by atoms with Crippen molar-refractivity contribution in [2.75, 3.05) is 10.6 Å².